The molecule has 0 saturated carbocycles. The first-order valence-electron chi connectivity index (χ1n) is 11.0. The first-order chi connectivity index (χ1) is 14.5. The molecule has 1 aromatic heterocycles. The van der Waals surface area contributed by atoms with Crippen LogP contribution in [0.1, 0.15) is 55.3 Å². The van der Waals surface area contributed by atoms with E-state index in [1.807, 2.05) is 12.1 Å². The number of aromatic nitrogens is 2. The van der Waals surface area contributed by atoms with Gasteiger partial charge in [-0.05, 0) is 43.0 Å². The highest BCUT2D eigenvalue weighted by Crippen LogP contribution is 2.25. The largest absolute Gasteiger partial charge is 0.419 e. The van der Waals surface area contributed by atoms with Crippen molar-refractivity contribution in [3.05, 3.63) is 71.1 Å². The molecule has 158 valence electrons. The maximum absolute atomic E-state index is 6.00. The molecule has 1 fully saturated rings. The van der Waals surface area contributed by atoms with Gasteiger partial charge in [-0.15, -0.1) is 10.2 Å². The third kappa shape index (κ3) is 4.79. The molecule has 5 nitrogen and oxygen atoms in total. The Hall–Kier alpha value is -2.50. The summed E-state index contributed by atoms with van der Waals surface area (Å²) in [6.45, 7) is 13.8. The van der Waals surface area contributed by atoms with E-state index in [-0.39, 0.29) is 6.04 Å². The summed E-state index contributed by atoms with van der Waals surface area (Å²) >= 11 is 0. The van der Waals surface area contributed by atoms with Crippen molar-refractivity contribution in [3.8, 4) is 11.5 Å². The van der Waals surface area contributed by atoms with Crippen LogP contribution in [0.3, 0.4) is 0 Å². The Kier molecular flexibility index (Phi) is 6.30. The molecular formula is C25H32N4O. The molecular weight excluding hydrogens is 372 g/mol. The number of piperazine rings is 1. The quantitative estimate of drug-likeness (QED) is 0.575. The van der Waals surface area contributed by atoms with E-state index in [0.29, 0.717) is 17.7 Å². The minimum absolute atomic E-state index is 0.129. The van der Waals surface area contributed by atoms with Gasteiger partial charge in [0.25, 0.3) is 0 Å². The molecule has 0 aliphatic carbocycles. The van der Waals surface area contributed by atoms with Gasteiger partial charge >= 0.3 is 0 Å². The lowest BCUT2D eigenvalue weighted by atomic mass is 10.0. The molecule has 0 bridgehead atoms. The van der Waals surface area contributed by atoms with Crippen molar-refractivity contribution < 1.29 is 4.42 Å². The second kappa shape index (κ2) is 9.11. The third-order valence-electron chi connectivity index (χ3n) is 6.10. The number of rotatable bonds is 6. The molecule has 0 radical (unpaired) electrons. The van der Waals surface area contributed by atoms with E-state index < -0.39 is 0 Å². The molecule has 5 heteroatoms. The highest BCUT2D eigenvalue weighted by molar-refractivity contribution is 5.52. The van der Waals surface area contributed by atoms with Crippen molar-refractivity contribution in [2.75, 3.05) is 26.2 Å². The van der Waals surface area contributed by atoms with Gasteiger partial charge in [0.05, 0.1) is 6.04 Å². The highest BCUT2D eigenvalue weighted by atomic mass is 16.4. The van der Waals surface area contributed by atoms with Crippen molar-refractivity contribution in [1.29, 1.82) is 0 Å². The highest BCUT2D eigenvalue weighted by Gasteiger charge is 2.25. The van der Waals surface area contributed by atoms with Gasteiger partial charge in [0.15, 0.2) is 0 Å². The molecule has 3 aromatic rings. The van der Waals surface area contributed by atoms with E-state index in [1.54, 1.807) is 0 Å². The maximum Gasteiger partial charge on any atom is 0.247 e. The molecule has 1 saturated heterocycles. The van der Waals surface area contributed by atoms with E-state index in [4.69, 9.17) is 4.42 Å². The minimum Gasteiger partial charge on any atom is -0.419 e. The van der Waals surface area contributed by atoms with Crippen molar-refractivity contribution in [2.24, 2.45) is 0 Å². The van der Waals surface area contributed by atoms with Gasteiger partial charge in [-0.2, -0.15) is 0 Å². The van der Waals surface area contributed by atoms with Crippen LogP contribution in [0.15, 0.2) is 52.9 Å². The molecule has 1 aliphatic heterocycles. The summed E-state index contributed by atoms with van der Waals surface area (Å²) in [7, 11) is 0. The van der Waals surface area contributed by atoms with Crippen LogP contribution in [0.5, 0.6) is 0 Å². The minimum atomic E-state index is 0.129. The monoisotopic (exact) mass is 404 g/mol. The Morgan fingerprint density at radius 3 is 2.17 bits per heavy atom. The van der Waals surface area contributed by atoms with Gasteiger partial charge in [0.1, 0.15) is 0 Å². The molecule has 0 spiro atoms. The van der Waals surface area contributed by atoms with Gasteiger partial charge in [-0.3, -0.25) is 9.80 Å². The topological polar surface area (TPSA) is 45.4 Å². The van der Waals surface area contributed by atoms with E-state index in [1.165, 1.54) is 16.7 Å². The number of hydrogen-bond donors (Lipinski definition) is 0. The molecule has 1 atom stereocenters. The fourth-order valence-electron chi connectivity index (χ4n) is 3.95. The Bertz CT molecular complexity index is 938. The van der Waals surface area contributed by atoms with E-state index in [0.717, 1.165) is 38.3 Å². The number of benzene rings is 2. The summed E-state index contributed by atoms with van der Waals surface area (Å²) in [5.74, 6) is 1.88. The Labute approximate surface area is 179 Å². The molecule has 4 rings (SSSR count). The van der Waals surface area contributed by atoms with E-state index >= 15 is 0 Å². The smallest absolute Gasteiger partial charge is 0.247 e. The van der Waals surface area contributed by atoms with Gasteiger partial charge in [0.2, 0.25) is 11.8 Å². The summed E-state index contributed by atoms with van der Waals surface area (Å²) in [6, 6.07) is 17.4. The molecule has 0 amide bonds. The normalized spacial score (nSPS) is 16.8. The summed E-state index contributed by atoms with van der Waals surface area (Å²) < 4.78 is 6.00. The van der Waals surface area contributed by atoms with Crippen molar-refractivity contribution in [2.45, 2.75) is 46.2 Å². The van der Waals surface area contributed by atoms with Crippen LogP contribution in [0, 0.1) is 6.92 Å². The summed E-state index contributed by atoms with van der Waals surface area (Å²) in [5.41, 5.74) is 4.99. The second-order valence-electron chi connectivity index (χ2n) is 8.70. The van der Waals surface area contributed by atoms with E-state index in [2.05, 4.69) is 84.1 Å². The maximum atomic E-state index is 6.00. The zero-order valence-electron chi connectivity index (χ0n) is 18.5. The fraction of sp³-hybridized carbons (Fsp3) is 0.440. The SMILES string of the molecule is Cc1ccc(-c2nnc([C@H](C)N3CCN(Cc4ccc(C(C)C)cc4)CC3)o2)cc1. The van der Waals surface area contributed by atoms with Gasteiger partial charge in [-0.25, -0.2) is 0 Å². The molecule has 1 aliphatic rings. The lowest BCUT2D eigenvalue weighted by Crippen LogP contribution is -2.46. The lowest BCUT2D eigenvalue weighted by molar-refractivity contribution is 0.0876. The van der Waals surface area contributed by atoms with Crippen LogP contribution < -0.4 is 0 Å². The van der Waals surface area contributed by atoms with Crippen molar-refractivity contribution in [3.63, 3.8) is 0 Å². The average molecular weight is 405 g/mol. The summed E-state index contributed by atoms with van der Waals surface area (Å²) in [4.78, 5) is 4.96. The van der Waals surface area contributed by atoms with Gasteiger partial charge in [-0.1, -0.05) is 55.8 Å². The zero-order chi connectivity index (χ0) is 21.1. The van der Waals surface area contributed by atoms with Gasteiger partial charge in [0, 0.05) is 38.3 Å². The van der Waals surface area contributed by atoms with Crippen molar-refractivity contribution >= 4 is 0 Å². The predicted octanol–water partition coefficient (Wildman–Crippen LogP) is 5.05. The molecule has 2 aromatic carbocycles. The standard InChI is InChI=1S/C25H32N4O/c1-18(2)22-11-7-21(8-12-22)17-28-13-15-29(16-14-28)20(4)24-26-27-25(30-24)23-9-5-19(3)6-10-23/h5-12,18,20H,13-17H2,1-4H3/t20-/m0/s1. The second-order valence-corrected chi connectivity index (χ2v) is 8.70. The fourth-order valence-corrected chi connectivity index (χ4v) is 3.95. The Balaban J connectivity index is 1.32. The van der Waals surface area contributed by atoms with Crippen LogP contribution in [0.2, 0.25) is 0 Å². The number of hydrogen-bond acceptors (Lipinski definition) is 5. The average Bonchev–Trinajstić information content (AvgIpc) is 3.25. The summed E-state index contributed by atoms with van der Waals surface area (Å²) in [5, 5.41) is 8.60. The van der Waals surface area contributed by atoms with Crippen molar-refractivity contribution in [1.82, 2.24) is 20.0 Å². The first kappa shape index (κ1) is 20.8. The Morgan fingerprint density at radius 2 is 1.53 bits per heavy atom. The third-order valence-corrected chi connectivity index (χ3v) is 6.10. The van der Waals surface area contributed by atoms with Crippen LogP contribution in [0.4, 0.5) is 0 Å². The molecule has 0 unspecified atom stereocenters. The molecule has 0 N–H and O–H groups in total. The molecule has 30 heavy (non-hydrogen) atoms. The Morgan fingerprint density at radius 1 is 0.867 bits per heavy atom. The summed E-state index contributed by atoms with van der Waals surface area (Å²) in [6.07, 6.45) is 0. The van der Waals surface area contributed by atoms with Crippen LogP contribution >= 0.6 is 0 Å². The number of nitrogens with zero attached hydrogens (tertiary/aromatic N) is 4. The number of aryl methyl sites for hydroxylation is 1. The van der Waals surface area contributed by atoms with Crippen LogP contribution in [-0.4, -0.2) is 46.2 Å². The predicted molar refractivity (Wildman–Crippen MR) is 120 cm³/mol. The lowest BCUT2D eigenvalue weighted by Gasteiger charge is -2.36. The van der Waals surface area contributed by atoms with Crippen LogP contribution in [0.25, 0.3) is 11.5 Å². The van der Waals surface area contributed by atoms with Crippen LogP contribution in [-0.2, 0) is 6.54 Å². The zero-order valence-corrected chi connectivity index (χ0v) is 18.5. The van der Waals surface area contributed by atoms with Gasteiger partial charge < -0.3 is 4.42 Å². The molecule has 2 heterocycles. The first-order valence-corrected chi connectivity index (χ1v) is 11.0. The van der Waals surface area contributed by atoms with E-state index in [9.17, 15) is 0 Å².